The number of rotatable bonds is 18. The largest absolute Gasteiger partial charge is 0.391 e. The van der Waals surface area contributed by atoms with Crippen LogP contribution < -0.4 is 0 Å². The van der Waals surface area contributed by atoms with Crippen LogP contribution in [-0.4, -0.2) is 47.5 Å². The average Bonchev–Trinajstić information content (AvgIpc) is 2.71. The number of unbranched alkanes of at least 4 members (excludes halogenated alkanes) is 9. The van der Waals surface area contributed by atoms with Crippen LogP contribution in [0.3, 0.4) is 0 Å². The van der Waals surface area contributed by atoms with Crippen LogP contribution in [0.5, 0.6) is 0 Å². The van der Waals surface area contributed by atoms with Gasteiger partial charge in [-0.05, 0) is 18.9 Å². The Labute approximate surface area is 173 Å². The zero-order chi connectivity index (χ0) is 20.5. The van der Waals surface area contributed by atoms with Crippen LogP contribution in [0.2, 0.25) is 0 Å². The van der Waals surface area contributed by atoms with Gasteiger partial charge in [-0.15, -0.1) is 0 Å². The van der Waals surface area contributed by atoms with Crippen LogP contribution in [-0.2, 0) is 0 Å². The second-order valence-corrected chi connectivity index (χ2v) is 8.11. The summed E-state index contributed by atoms with van der Waals surface area (Å²) in [5, 5.41) is 19.5. The Hall–Kier alpha value is -1.16. The minimum Gasteiger partial charge on any atom is -0.391 e. The Morgan fingerprint density at radius 2 is 1.29 bits per heavy atom. The molecule has 0 aliphatic rings. The second-order valence-electron chi connectivity index (χ2n) is 8.11. The maximum absolute atomic E-state index is 9.75. The van der Waals surface area contributed by atoms with Gasteiger partial charge in [0.15, 0.2) is 0 Å². The van der Waals surface area contributed by atoms with Crippen molar-refractivity contribution in [3.05, 3.63) is 48.6 Å². The van der Waals surface area contributed by atoms with E-state index in [1.807, 2.05) is 12.1 Å². The Morgan fingerprint density at radius 3 is 1.75 bits per heavy atom. The molecule has 0 aliphatic carbocycles. The monoisotopic (exact) mass is 390 g/mol. The number of hydrogen-bond acceptors (Lipinski definition) is 2. The third-order valence-electron chi connectivity index (χ3n) is 6.00. The van der Waals surface area contributed by atoms with Gasteiger partial charge in [0, 0.05) is 5.56 Å². The fraction of sp³-hybridized carbons (Fsp3) is 0.680. The van der Waals surface area contributed by atoms with E-state index in [9.17, 15) is 10.2 Å². The molecular weight excluding hydrogens is 346 g/mol. The lowest BCUT2D eigenvalue weighted by molar-refractivity contribution is -0.951. The zero-order valence-corrected chi connectivity index (χ0v) is 18.2. The molecule has 3 nitrogen and oxygen atoms in total. The molecule has 0 spiro atoms. The summed E-state index contributed by atoms with van der Waals surface area (Å²) in [6.45, 7) is 8.91. The van der Waals surface area contributed by atoms with Crippen molar-refractivity contribution in [2.45, 2.75) is 77.2 Å². The Morgan fingerprint density at radius 1 is 0.786 bits per heavy atom. The van der Waals surface area contributed by atoms with Gasteiger partial charge in [0.1, 0.15) is 19.1 Å². The fourth-order valence-electron chi connectivity index (χ4n) is 4.39. The molecular formula is C25H44NO2+. The quantitative estimate of drug-likeness (QED) is 0.194. The molecule has 0 bridgehead atoms. The molecule has 3 heteroatoms. The SMILES string of the molecule is C=CC(c1ccccc1)[N+](CCO)(CCO)CCCCCCCCCCCC. The van der Waals surface area contributed by atoms with E-state index < -0.39 is 0 Å². The van der Waals surface area contributed by atoms with Crippen molar-refractivity contribution in [1.82, 2.24) is 0 Å². The van der Waals surface area contributed by atoms with Crippen LogP contribution in [0.1, 0.15) is 82.7 Å². The van der Waals surface area contributed by atoms with Crippen LogP contribution in [0, 0.1) is 0 Å². The van der Waals surface area contributed by atoms with Crippen molar-refractivity contribution in [1.29, 1.82) is 0 Å². The summed E-state index contributed by atoms with van der Waals surface area (Å²) in [6, 6.07) is 10.5. The summed E-state index contributed by atoms with van der Waals surface area (Å²) < 4.78 is 0.692. The molecule has 1 atom stereocenters. The van der Waals surface area contributed by atoms with Crippen LogP contribution >= 0.6 is 0 Å². The topological polar surface area (TPSA) is 40.5 Å². The number of nitrogens with zero attached hydrogens (tertiary/aromatic N) is 1. The second kappa shape index (κ2) is 15.7. The number of benzene rings is 1. The molecule has 1 rings (SSSR count). The summed E-state index contributed by atoms with van der Waals surface area (Å²) in [7, 11) is 0. The van der Waals surface area contributed by atoms with Gasteiger partial charge >= 0.3 is 0 Å². The van der Waals surface area contributed by atoms with Gasteiger partial charge in [-0.25, -0.2) is 0 Å². The van der Waals surface area contributed by atoms with E-state index in [1.54, 1.807) is 0 Å². The van der Waals surface area contributed by atoms with E-state index in [1.165, 1.54) is 63.4 Å². The predicted octanol–water partition coefficient (Wildman–Crippen LogP) is 5.64. The number of hydrogen-bond donors (Lipinski definition) is 2. The Balaban J connectivity index is 2.54. The molecule has 0 aromatic heterocycles. The van der Waals surface area contributed by atoms with Crippen molar-refractivity contribution in [2.24, 2.45) is 0 Å². The smallest absolute Gasteiger partial charge is 0.133 e. The molecule has 28 heavy (non-hydrogen) atoms. The first-order valence-electron chi connectivity index (χ1n) is 11.5. The standard InChI is InChI=1S/C25H44NO2/c1-3-5-6-7-8-9-10-11-12-16-19-26(20-22-27,21-23-28)25(4-2)24-17-14-13-15-18-24/h4,13-15,17-18,25,27-28H,2-3,5-12,16,19-23H2,1H3/q+1. The molecule has 1 aromatic rings. The first-order chi connectivity index (χ1) is 13.7. The number of aliphatic hydroxyl groups excluding tert-OH is 2. The molecule has 1 unspecified atom stereocenters. The maximum atomic E-state index is 9.75. The average molecular weight is 391 g/mol. The number of aliphatic hydroxyl groups is 2. The summed E-state index contributed by atoms with van der Waals surface area (Å²) in [6.07, 6.45) is 15.2. The van der Waals surface area contributed by atoms with Crippen molar-refractivity contribution < 1.29 is 14.7 Å². The maximum Gasteiger partial charge on any atom is 0.133 e. The van der Waals surface area contributed by atoms with Gasteiger partial charge < -0.3 is 14.7 Å². The highest BCUT2D eigenvalue weighted by Gasteiger charge is 2.34. The molecule has 2 N–H and O–H groups in total. The first-order valence-corrected chi connectivity index (χ1v) is 11.5. The Kier molecular flexibility index (Phi) is 14.0. The highest BCUT2D eigenvalue weighted by Crippen LogP contribution is 2.30. The van der Waals surface area contributed by atoms with Gasteiger partial charge in [0.2, 0.25) is 0 Å². The van der Waals surface area contributed by atoms with E-state index >= 15 is 0 Å². The third-order valence-corrected chi connectivity index (χ3v) is 6.00. The summed E-state index contributed by atoms with van der Waals surface area (Å²) >= 11 is 0. The van der Waals surface area contributed by atoms with Crippen LogP contribution in [0.15, 0.2) is 43.0 Å². The lowest BCUT2D eigenvalue weighted by Crippen LogP contribution is -2.54. The van der Waals surface area contributed by atoms with Gasteiger partial charge in [0.05, 0.1) is 19.8 Å². The molecule has 0 saturated heterocycles. The molecule has 0 amide bonds. The molecule has 0 heterocycles. The van der Waals surface area contributed by atoms with E-state index in [0.29, 0.717) is 17.6 Å². The van der Waals surface area contributed by atoms with Crippen molar-refractivity contribution in [3.8, 4) is 0 Å². The predicted molar refractivity (Wildman–Crippen MR) is 120 cm³/mol. The van der Waals surface area contributed by atoms with Crippen molar-refractivity contribution in [2.75, 3.05) is 32.8 Å². The van der Waals surface area contributed by atoms with Gasteiger partial charge in [0.25, 0.3) is 0 Å². The summed E-state index contributed by atoms with van der Waals surface area (Å²) in [5.74, 6) is 0. The molecule has 0 fully saturated rings. The number of quaternary nitrogens is 1. The van der Waals surface area contributed by atoms with Crippen LogP contribution in [0.4, 0.5) is 0 Å². The molecule has 0 saturated carbocycles. The fourth-order valence-corrected chi connectivity index (χ4v) is 4.39. The molecule has 160 valence electrons. The Bertz CT molecular complexity index is 483. The lowest BCUT2D eigenvalue weighted by Gasteiger charge is -2.43. The normalized spacial score (nSPS) is 12.8. The summed E-state index contributed by atoms with van der Waals surface area (Å²) in [4.78, 5) is 0. The van der Waals surface area contributed by atoms with Crippen molar-refractivity contribution in [3.63, 3.8) is 0 Å². The lowest BCUT2D eigenvalue weighted by atomic mass is 10.00. The van der Waals surface area contributed by atoms with Gasteiger partial charge in [-0.1, -0.05) is 95.2 Å². The zero-order valence-electron chi connectivity index (χ0n) is 18.2. The van der Waals surface area contributed by atoms with Gasteiger partial charge in [-0.2, -0.15) is 0 Å². The highest BCUT2D eigenvalue weighted by atomic mass is 16.3. The van der Waals surface area contributed by atoms with E-state index in [-0.39, 0.29) is 19.3 Å². The first kappa shape index (κ1) is 24.9. The van der Waals surface area contributed by atoms with E-state index in [2.05, 4.69) is 37.8 Å². The highest BCUT2D eigenvalue weighted by molar-refractivity contribution is 5.20. The minimum atomic E-state index is 0.110. The van der Waals surface area contributed by atoms with E-state index in [4.69, 9.17) is 0 Å². The molecule has 1 aromatic carbocycles. The van der Waals surface area contributed by atoms with Crippen LogP contribution in [0.25, 0.3) is 0 Å². The summed E-state index contributed by atoms with van der Waals surface area (Å²) in [5.41, 5.74) is 1.21. The van der Waals surface area contributed by atoms with Crippen molar-refractivity contribution >= 4 is 0 Å². The third kappa shape index (κ3) is 8.89. The van der Waals surface area contributed by atoms with Gasteiger partial charge in [-0.3, -0.25) is 0 Å². The minimum absolute atomic E-state index is 0.110. The van der Waals surface area contributed by atoms with E-state index in [0.717, 1.165) is 13.0 Å². The molecule has 0 aliphatic heterocycles. The molecule has 0 radical (unpaired) electrons.